The summed E-state index contributed by atoms with van der Waals surface area (Å²) in [5.41, 5.74) is 2.51. The molecule has 1 rings (SSSR count). The summed E-state index contributed by atoms with van der Waals surface area (Å²) in [6.45, 7) is 41.0. The maximum atomic E-state index is 2.73. The number of hydrogen-bond acceptors (Lipinski definition) is 0. The molecule has 0 aromatic rings. The van der Waals surface area contributed by atoms with Gasteiger partial charge in [0.2, 0.25) is 0 Å². The van der Waals surface area contributed by atoms with Crippen LogP contribution in [0.5, 0.6) is 0 Å². The number of rotatable bonds is 2. The minimum absolute atomic E-state index is 0. The van der Waals surface area contributed by atoms with E-state index in [4.69, 9.17) is 0 Å². The summed E-state index contributed by atoms with van der Waals surface area (Å²) in [4.78, 5) is 0. The zero-order chi connectivity index (χ0) is 21.3. The van der Waals surface area contributed by atoms with Gasteiger partial charge in [-0.1, -0.05) is 122 Å². The van der Waals surface area contributed by atoms with Gasteiger partial charge in [0.1, 0.15) is 0 Å². The molecule has 0 radical (unpaired) electrons. The van der Waals surface area contributed by atoms with Crippen LogP contribution in [-0.2, 0) is 0 Å². The van der Waals surface area contributed by atoms with Crippen LogP contribution in [0.15, 0.2) is 10.8 Å². The average molecular weight is 449 g/mol. The molecule has 1 aliphatic heterocycles. The maximum Gasteiger partial charge on any atom is 1.00 e. The van der Waals surface area contributed by atoms with Gasteiger partial charge in [-0.25, -0.2) is 5.20 Å². The van der Waals surface area contributed by atoms with Crippen molar-refractivity contribution in [3.8, 4) is 0 Å². The third kappa shape index (κ3) is 5.27. The van der Waals surface area contributed by atoms with Crippen molar-refractivity contribution in [2.75, 3.05) is 0 Å². The molecule has 1 atom stereocenters. The van der Waals surface area contributed by atoms with Crippen molar-refractivity contribution >= 4 is 24.0 Å². The van der Waals surface area contributed by atoms with E-state index in [0.717, 1.165) is 5.16 Å². The van der Waals surface area contributed by atoms with Crippen molar-refractivity contribution in [1.82, 2.24) is 0 Å². The Morgan fingerprint density at radius 3 is 1.22 bits per heavy atom. The summed E-state index contributed by atoms with van der Waals surface area (Å²) < 4.78 is 0. The first-order valence-corrected chi connectivity index (χ1v) is 19.3. The van der Waals surface area contributed by atoms with E-state index in [-0.39, 0.29) is 51.4 Å². The molecule has 0 saturated heterocycles. The van der Waals surface area contributed by atoms with Gasteiger partial charge in [0.05, 0.1) is 0 Å². The Labute approximate surface area is 219 Å². The molecule has 0 aromatic carbocycles. The largest absolute Gasteiger partial charge is 1.00 e. The molecular weight excluding hydrogens is 400 g/mol. The molecule has 154 valence electrons. The minimum atomic E-state index is -1.44. The summed E-state index contributed by atoms with van der Waals surface area (Å²) in [6, 6.07) is 0. The van der Waals surface area contributed by atoms with Crippen LogP contribution in [0.4, 0.5) is 0 Å². The Balaban J connectivity index is 0.00000676. The first-order valence-electron chi connectivity index (χ1n) is 10.6. The standard InChI is InChI=1S/C23H49Si3.K/c1-20(2,3)17-18(21(4,5)6)24(26(15,16)23(10,11)12)19(17)25(13,14)22(7,8)9;/h19H,1-16H3;/q-1;+1. The predicted molar refractivity (Wildman–Crippen MR) is 130 cm³/mol. The van der Waals surface area contributed by atoms with Gasteiger partial charge in [0.15, 0.2) is 0 Å². The topological polar surface area (TPSA) is 0 Å². The zero-order valence-electron chi connectivity index (χ0n) is 22.1. The van der Waals surface area contributed by atoms with Gasteiger partial charge in [-0.05, 0) is 15.9 Å². The molecule has 4 heteroatoms. The Bertz CT molecular complexity index is 521. The van der Waals surface area contributed by atoms with Crippen molar-refractivity contribution in [2.24, 2.45) is 10.8 Å². The molecule has 0 nitrogen and oxygen atoms in total. The smallest absolute Gasteiger partial charge is 0.281 e. The molecule has 1 heterocycles. The SMILES string of the molecule is CC(C)(C)C1=C(C(C)(C)C)[Si-]([Si](C)(C)C(C)(C)C)C1[Si](C)(C)C(C)(C)C.[K+]. The monoisotopic (exact) mass is 448 g/mol. The van der Waals surface area contributed by atoms with Crippen LogP contribution in [0.1, 0.15) is 83.1 Å². The first kappa shape index (κ1) is 29.0. The first-order chi connectivity index (χ1) is 11.0. The molecule has 0 aromatic heterocycles. The fourth-order valence-electron chi connectivity index (χ4n) is 4.35. The molecule has 0 aliphatic carbocycles. The molecule has 0 amide bonds. The summed E-state index contributed by atoms with van der Waals surface area (Å²) in [6.07, 6.45) is 0. The fourth-order valence-corrected chi connectivity index (χ4v) is 30.9. The molecule has 27 heavy (non-hydrogen) atoms. The second kappa shape index (κ2) is 8.18. The Morgan fingerprint density at radius 2 is 1.00 bits per heavy atom. The summed E-state index contributed by atoms with van der Waals surface area (Å²) >= 11 is 0. The molecule has 1 unspecified atom stereocenters. The Kier molecular flexibility index (Phi) is 8.79. The van der Waals surface area contributed by atoms with Crippen LogP contribution in [0.3, 0.4) is 0 Å². The normalized spacial score (nSPS) is 20.4. The maximum absolute atomic E-state index is 2.73. The average Bonchev–Trinajstić information content (AvgIpc) is 2.17. The Morgan fingerprint density at radius 1 is 0.630 bits per heavy atom. The van der Waals surface area contributed by atoms with Crippen molar-refractivity contribution in [3.05, 3.63) is 10.8 Å². The van der Waals surface area contributed by atoms with Crippen LogP contribution in [-0.4, -0.2) is 24.0 Å². The van der Waals surface area contributed by atoms with Gasteiger partial charge >= 0.3 is 51.4 Å². The second-order valence-corrected chi connectivity index (χ2v) is 32.1. The second-order valence-electron chi connectivity index (χ2n) is 14.0. The van der Waals surface area contributed by atoms with Gasteiger partial charge < -0.3 is 0 Å². The summed E-state index contributed by atoms with van der Waals surface area (Å²) in [7, 11) is -3.34. The van der Waals surface area contributed by atoms with Crippen LogP contribution in [0.25, 0.3) is 0 Å². The minimum Gasteiger partial charge on any atom is -0.281 e. The summed E-state index contributed by atoms with van der Waals surface area (Å²) in [5.74, 6) is 0. The van der Waals surface area contributed by atoms with Crippen molar-refractivity contribution in [1.29, 1.82) is 0 Å². The number of allylic oxidation sites excluding steroid dienone is 2. The van der Waals surface area contributed by atoms with Gasteiger partial charge in [0, 0.05) is 8.07 Å². The van der Waals surface area contributed by atoms with Crippen LogP contribution >= 0.6 is 0 Å². The van der Waals surface area contributed by atoms with Crippen molar-refractivity contribution in [3.63, 3.8) is 0 Å². The van der Waals surface area contributed by atoms with Crippen LogP contribution in [0, 0.1) is 10.8 Å². The van der Waals surface area contributed by atoms with Crippen LogP contribution < -0.4 is 51.4 Å². The van der Waals surface area contributed by atoms with E-state index < -0.39 is 24.0 Å². The molecular formula is C23H49KSi3. The van der Waals surface area contributed by atoms with Crippen molar-refractivity contribution < 1.29 is 51.4 Å². The Hall–Kier alpha value is 2.03. The van der Waals surface area contributed by atoms with E-state index in [1.807, 2.05) is 10.8 Å². The third-order valence-electron chi connectivity index (χ3n) is 7.88. The molecule has 0 N–H and O–H groups in total. The third-order valence-corrected chi connectivity index (χ3v) is 32.8. The molecule has 0 fully saturated rings. The van der Waals surface area contributed by atoms with Gasteiger partial charge in [-0.15, -0.1) is 10.7 Å². The molecule has 1 aliphatic rings. The van der Waals surface area contributed by atoms with Crippen LogP contribution in [0.2, 0.25) is 41.4 Å². The van der Waals surface area contributed by atoms with E-state index in [1.54, 1.807) is 0 Å². The van der Waals surface area contributed by atoms with E-state index >= 15 is 0 Å². The van der Waals surface area contributed by atoms with Gasteiger partial charge in [0.25, 0.3) is 0 Å². The predicted octanol–water partition coefficient (Wildman–Crippen LogP) is 5.43. The van der Waals surface area contributed by atoms with E-state index in [9.17, 15) is 0 Å². The van der Waals surface area contributed by atoms with Gasteiger partial charge in [-0.3, -0.25) is 8.31 Å². The van der Waals surface area contributed by atoms with E-state index in [2.05, 4.69) is 109 Å². The summed E-state index contributed by atoms with van der Waals surface area (Å²) in [5, 5.41) is 3.80. The van der Waals surface area contributed by atoms with E-state index in [0.29, 0.717) is 20.9 Å². The quantitative estimate of drug-likeness (QED) is 0.494. The van der Waals surface area contributed by atoms with E-state index in [1.165, 1.54) is 0 Å². The van der Waals surface area contributed by atoms with Gasteiger partial charge in [-0.2, -0.15) is 0 Å². The van der Waals surface area contributed by atoms with Crippen molar-refractivity contribution in [2.45, 2.75) is 125 Å². The number of hydrogen-bond donors (Lipinski definition) is 0. The molecule has 0 bridgehead atoms. The fraction of sp³-hybridized carbons (Fsp3) is 0.913. The molecule has 0 saturated carbocycles. The molecule has 0 spiro atoms. The zero-order valence-corrected chi connectivity index (χ0v) is 28.2.